The Labute approximate surface area is 184 Å². The Morgan fingerprint density at radius 2 is 2.11 bits per heavy atom. The van der Waals surface area contributed by atoms with Crippen molar-refractivity contribution in [1.29, 1.82) is 0 Å². The summed E-state index contributed by atoms with van der Waals surface area (Å²) < 4.78 is 30.8. The molecule has 0 amide bonds. The molecule has 9 nitrogen and oxygen atoms in total. The van der Waals surface area contributed by atoms with Gasteiger partial charge in [0.25, 0.3) is 0 Å². The van der Waals surface area contributed by atoms with E-state index in [9.17, 15) is 8.42 Å². The summed E-state index contributed by atoms with van der Waals surface area (Å²) in [5.74, 6) is 1.40. The predicted octanol–water partition coefficient (Wildman–Crippen LogP) is 0.107. The number of ether oxygens (including phenoxy) is 1. The zero-order chi connectivity index (χ0) is 19.3. The molecule has 28 heavy (non-hydrogen) atoms. The van der Waals surface area contributed by atoms with Gasteiger partial charge in [-0.2, -0.15) is 5.10 Å². The molecule has 11 heteroatoms. The number of aliphatic imine (C=N–C) groups is 1. The highest BCUT2D eigenvalue weighted by atomic mass is 127. The molecule has 2 aliphatic rings. The highest BCUT2D eigenvalue weighted by Crippen LogP contribution is 2.21. The molecule has 3 rings (SSSR count). The van der Waals surface area contributed by atoms with Gasteiger partial charge in [-0.3, -0.25) is 14.6 Å². The molecule has 0 saturated carbocycles. The number of nitrogens with one attached hydrogen (secondary N) is 1. The van der Waals surface area contributed by atoms with E-state index in [-0.39, 0.29) is 41.6 Å². The van der Waals surface area contributed by atoms with Gasteiger partial charge in [0, 0.05) is 51.5 Å². The maximum Gasteiger partial charge on any atom is 0.194 e. The number of morpholine rings is 1. The third kappa shape index (κ3) is 6.56. The van der Waals surface area contributed by atoms with Crippen molar-refractivity contribution in [2.75, 3.05) is 63.9 Å². The first-order chi connectivity index (χ1) is 13.0. The first-order valence-electron chi connectivity index (χ1n) is 9.53. The van der Waals surface area contributed by atoms with E-state index in [1.165, 1.54) is 0 Å². The molecule has 2 saturated heterocycles. The molecule has 0 spiro atoms. The van der Waals surface area contributed by atoms with Crippen molar-refractivity contribution >= 4 is 39.8 Å². The topological polar surface area (TPSA) is 92.1 Å². The highest BCUT2D eigenvalue weighted by molar-refractivity contribution is 14.0. The van der Waals surface area contributed by atoms with E-state index in [0.29, 0.717) is 26.2 Å². The van der Waals surface area contributed by atoms with Crippen LogP contribution in [-0.2, 0) is 21.6 Å². The Hall–Kier alpha value is -0.920. The summed E-state index contributed by atoms with van der Waals surface area (Å²) in [4.78, 5) is 9.16. The molecule has 0 radical (unpaired) electrons. The van der Waals surface area contributed by atoms with Crippen LogP contribution in [0.2, 0.25) is 0 Å². The summed E-state index contributed by atoms with van der Waals surface area (Å²) in [7, 11) is -0.928. The number of rotatable bonds is 5. The molecule has 160 valence electrons. The molecule has 0 aliphatic carbocycles. The van der Waals surface area contributed by atoms with Crippen LogP contribution in [0.15, 0.2) is 17.4 Å². The molecule has 0 bridgehead atoms. The molecule has 1 unspecified atom stereocenters. The standard InChI is InChI=1S/C17H30N6O3S.HI/c1-3-18-17(19-4-5-22-7-10-27(24,25)11-8-22)23-6-9-26-16(14-23)15-12-20-21(2)13-15;/h12-13,16H,3-11,14H2,1-2H3,(H,18,19);1H. The first-order valence-corrected chi connectivity index (χ1v) is 11.3. The molecule has 3 heterocycles. The van der Waals surface area contributed by atoms with Gasteiger partial charge in [0.05, 0.1) is 37.4 Å². The van der Waals surface area contributed by atoms with Gasteiger partial charge in [0.15, 0.2) is 15.8 Å². The van der Waals surface area contributed by atoms with Crippen molar-refractivity contribution in [3.05, 3.63) is 18.0 Å². The van der Waals surface area contributed by atoms with Gasteiger partial charge in [-0.05, 0) is 6.92 Å². The molecule has 0 aromatic carbocycles. The molecule has 1 atom stereocenters. The normalized spacial score (nSPS) is 23.3. The second kappa shape index (κ2) is 10.7. The summed E-state index contributed by atoms with van der Waals surface area (Å²) in [6.07, 6.45) is 3.83. The monoisotopic (exact) mass is 526 g/mol. The fourth-order valence-corrected chi connectivity index (χ4v) is 4.62. The van der Waals surface area contributed by atoms with Crippen molar-refractivity contribution in [2.24, 2.45) is 12.0 Å². The fourth-order valence-electron chi connectivity index (χ4n) is 3.35. The zero-order valence-corrected chi connectivity index (χ0v) is 19.7. The predicted molar refractivity (Wildman–Crippen MR) is 120 cm³/mol. The van der Waals surface area contributed by atoms with E-state index in [1.807, 2.05) is 19.4 Å². The fraction of sp³-hybridized carbons (Fsp3) is 0.765. The van der Waals surface area contributed by atoms with Crippen LogP contribution in [0, 0.1) is 0 Å². The maximum atomic E-state index is 11.5. The number of sulfone groups is 1. The molecule has 1 N–H and O–H groups in total. The highest BCUT2D eigenvalue weighted by Gasteiger charge is 2.25. The third-order valence-corrected chi connectivity index (χ3v) is 6.52. The third-order valence-electron chi connectivity index (χ3n) is 4.91. The summed E-state index contributed by atoms with van der Waals surface area (Å²) in [5.41, 5.74) is 1.08. The van der Waals surface area contributed by atoms with E-state index < -0.39 is 9.84 Å². The SMILES string of the molecule is CCNC(=NCCN1CCS(=O)(=O)CC1)N1CCOC(c2cnn(C)c2)C1.I. The summed E-state index contributed by atoms with van der Waals surface area (Å²) >= 11 is 0. The second-order valence-electron chi connectivity index (χ2n) is 6.98. The van der Waals surface area contributed by atoms with Gasteiger partial charge in [-0.25, -0.2) is 8.42 Å². The quantitative estimate of drug-likeness (QED) is 0.331. The lowest BCUT2D eigenvalue weighted by Gasteiger charge is -2.35. The van der Waals surface area contributed by atoms with Gasteiger partial charge in [-0.1, -0.05) is 0 Å². The van der Waals surface area contributed by atoms with Crippen LogP contribution < -0.4 is 5.32 Å². The summed E-state index contributed by atoms with van der Waals surface area (Å²) in [6, 6.07) is 0. The van der Waals surface area contributed by atoms with Crippen molar-refractivity contribution in [3.8, 4) is 0 Å². The van der Waals surface area contributed by atoms with Crippen LogP contribution in [0.3, 0.4) is 0 Å². The summed E-state index contributed by atoms with van der Waals surface area (Å²) in [5, 5.41) is 7.60. The van der Waals surface area contributed by atoms with Gasteiger partial charge in [0.1, 0.15) is 6.10 Å². The Bertz CT molecular complexity index is 740. The van der Waals surface area contributed by atoms with E-state index in [2.05, 4.69) is 27.1 Å². The van der Waals surface area contributed by atoms with Crippen LogP contribution in [0.25, 0.3) is 0 Å². The van der Waals surface area contributed by atoms with Crippen LogP contribution in [0.5, 0.6) is 0 Å². The number of guanidine groups is 1. The number of halogens is 1. The number of hydrogen-bond donors (Lipinski definition) is 1. The molecular weight excluding hydrogens is 495 g/mol. The van der Waals surface area contributed by atoms with Crippen molar-refractivity contribution in [1.82, 2.24) is 24.9 Å². The van der Waals surface area contributed by atoms with E-state index in [0.717, 1.165) is 37.7 Å². The van der Waals surface area contributed by atoms with E-state index in [4.69, 9.17) is 9.73 Å². The Morgan fingerprint density at radius 1 is 1.36 bits per heavy atom. The van der Waals surface area contributed by atoms with Gasteiger partial charge in [0.2, 0.25) is 0 Å². The largest absolute Gasteiger partial charge is 0.370 e. The second-order valence-corrected chi connectivity index (χ2v) is 9.29. The minimum atomic E-state index is -2.83. The van der Waals surface area contributed by atoms with Crippen molar-refractivity contribution in [2.45, 2.75) is 13.0 Å². The smallest absolute Gasteiger partial charge is 0.194 e. The molecule has 1 aromatic heterocycles. The summed E-state index contributed by atoms with van der Waals surface area (Å²) in [6.45, 7) is 7.68. The van der Waals surface area contributed by atoms with Crippen LogP contribution >= 0.6 is 24.0 Å². The molecule has 2 fully saturated rings. The van der Waals surface area contributed by atoms with Gasteiger partial charge in [-0.15, -0.1) is 24.0 Å². The number of aromatic nitrogens is 2. The lowest BCUT2D eigenvalue weighted by atomic mass is 10.1. The van der Waals surface area contributed by atoms with Crippen molar-refractivity contribution < 1.29 is 13.2 Å². The Kier molecular flexibility index (Phi) is 8.96. The average Bonchev–Trinajstić information content (AvgIpc) is 3.09. The van der Waals surface area contributed by atoms with Crippen LogP contribution in [-0.4, -0.2) is 97.9 Å². The molecule has 1 aromatic rings. The van der Waals surface area contributed by atoms with E-state index in [1.54, 1.807) is 4.68 Å². The molecule has 2 aliphatic heterocycles. The van der Waals surface area contributed by atoms with Gasteiger partial charge < -0.3 is 15.0 Å². The first kappa shape index (κ1) is 23.4. The Morgan fingerprint density at radius 3 is 2.75 bits per heavy atom. The number of nitrogens with zero attached hydrogens (tertiary/aromatic N) is 5. The Balaban J connectivity index is 0.00000280. The van der Waals surface area contributed by atoms with E-state index >= 15 is 0 Å². The minimum Gasteiger partial charge on any atom is -0.370 e. The lowest BCUT2D eigenvalue weighted by Crippen LogP contribution is -2.48. The zero-order valence-electron chi connectivity index (χ0n) is 16.6. The minimum absolute atomic E-state index is 0. The molecular formula is C17H31IN6O3S. The lowest BCUT2D eigenvalue weighted by molar-refractivity contribution is -0.00805. The van der Waals surface area contributed by atoms with Crippen molar-refractivity contribution in [3.63, 3.8) is 0 Å². The van der Waals surface area contributed by atoms with Crippen LogP contribution in [0.4, 0.5) is 0 Å². The number of hydrogen-bond acceptors (Lipinski definition) is 6. The maximum absolute atomic E-state index is 11.5. The number of aryl methyl sites for hydroxylation is 1. The van der Waals surface area contributed by atoms with Crippen LogP contribution in [0.1, 0.15) is 18.6 Å². The van der Waals surface area contributed by atoms with Gasteiger partial charge >= 0.3 is 0 Å². The average molecular weight is 526 g/mol.